The minimum atomic E-state index is -4.11. The molecule has 8 heteroatoms. The summed E-state index contributed by atoms with van der Waals surface area (Å²) < 4.78 is 41.8. The number of benzene rings is 2. The summed E-state index contributed by atoms with van der Waals surface area (Å²) >= 11 is 0. The number of hydrogen-bond donors (Lipinski definition) is 1. The van der Waals surface area contributed by atoms with Gasteiger partial charge in [-0.3, -0.25) is 14.8 Å². The zero-order valence-electron chi connectivity index (χ0n) is 14.6. The van der Waals surface area contributed by atoms with Gasteiger partial charge in [0.2, 0.25) is 0 Å². The van der Waals surface area contributed by atoms with Gasteiger partial charge in [0.15, 0.2) is 0 Å². The molecular formula is C17H19FN2O4S. The van der Waals surface area contributed by atoms with Gasteiger partial charge < -0.3 is 0 Å². The summed E-state index contributed by atoms with van der Waals surface area (Å²) in [5.74, 6) is -0.884. The van der Waals surface area contributed by atoms with Crippen LogP contribution in [0.5, 0.6) is 0 Å². The van der Waals surface area contributed by atoms with E-state index in [0.717, 1.165) is 34.9 Å². The zero-order valence-corrected chi connectivity index (χ0v) is 15.4. The number of halogens is 1. The molecular weight excluding hydrogens is 347 g/mol. The van der Waals surface area contributed by atoms with E-state index in [4.69, 9.17) is 0 Å². The van der Waals surface area contributed by atoms with Crippen molar-refractivity contribution in [1.82, 2.24) is 0 Å². The van der Waals surface area contributed by atoms with Crippen molar-refractivity contribution >= 4 is 21.4 Å². The number of nitrogens with zero attached hydrogens (tertiary/aromatic N) is 1. The standard InChI is InChI=1S/C17H19FN2O4S/c1-9-10(2)12(4)17(13(5)11(9)3)25(23,24)19-16-8-14(20(21)22)6-7-15(16)18/h6-8,19H,1-5H3. The van der Waals surface area contributed by atoms with Crippen LogP contribution in [0.4, 0.5) is 15.8 Å². The summed E-state index contributed by atoms with van der Waals surface area (Å²) in [6, 6.07) is 2.70. The van der Waals surface area contributed by atoms with Crippen molar-refractivity contribution in [3.8, 4) is 0 Å². The van der Waals surface area contributed by atoms with Crippen LogP contribution < -0.4 is 4.72 Å². The van der Waals surface area contributed by atoms with Gasteiger partial charge in [-0.15, -0.1) is 0 Å². The highest BCUT2D eigenvalue weighted by atomic mass is 32.2. The molecule has 0 aliphatic carbocycles. The minimum Gasteiger partial charge on any atom is -0.276 e. The second kappa shape index (κ2) is 6.44. The summed E-state index contributed by atoms with van der Waals surface area (Å²) in [7, 11) is -4.11. The van der Waals surface area contributed by atoms with E-state index in [-0.39, 0.29) is 4.90 Å². The van der Waals surface area contributed by atoms with E-state index in [9.17, 15) is 22.9 Å². The largest absolute Gasteiger partial charge is 0.276 e. The first-order valence-electron chi connectivity index (χ1n) is 7.51. The van der Waals surface area contributed by atoms with E-state index in [1.165, 1.54) is 0 Å². The number of hydrogen-bond acceptors (Lipinski definition) is 4. The highest BCUT2D eigenvalue weighted by molar-refractivity contribution is 7.92. The van der Waals surface area contributed by atoms with Crippen LogP contribution in [0.1, 0.15) is 27.8 Å². The molecule has 0 aromatic heterocycles. The average molecular weight is 366 g/mol. The monoisotopic (exact) mass is 366 g/mol. The quantitative estimate of drug-likeness (QED) is 0.652. The molecule has 0 aliphatic heterocycles. The van der Waals surface area contributed by atoms with Crippen LogP contribution in [-0.2, 0) is 10.0 Å². The summed E-state index contributed by atoms with van der Waals surface area (Å²) in [4.78, 5) is 10.2. The van der Waals surface area contributed by atoms with Gasteiger partial charge in [-0.1, -0.05) is 0 Å². The van der Waals surface area contributed by atoms with E-state index in [2.05, 4.69) is 4.72 Å². The maximum absolute atomic E-state index is 14.0. The topological polar surface area (TPSA) is 89.3 Å². The Kier molecular flexibility index (Phi) is 4.85. The Bertz CT molecular complexity index is 956. The summed E-state index contributed by atoms with van der Waals surface area (Å²) in [6.45, 7) is 8.93. The number of nitrogens with one attached hydrogen (secondary N) is 1. The summed E-state index contributed by atoms with van der Waals surface area (Å²) in [5, 5.41) is 10.8. The first kappa shape index (κ1) is 18.9. The third-order valence-corrected chi connectivity index (χ3v) is 6.24. The Morgan fingerprint density at radius 3 is 1.92 bits per heavy atom. The molecule has 0 amide bonds. The molecule has 0 saturated heterocycles. The number of nitro benzene ring substituents is 1. The Hall–Kier alpha value is -2.48. The Morgan fingerprint density at radius 2 is 1.44 bits per heavy atom. The molecule has 0 spiro atoms. The second-order valence-electron chi connectivity index (χ2n) is 5.98. The first-order chi connectivity index (χ1) is 11.5. The van der Waals surface area contributed by atoms with Gasteiger partial charge in [-0.25, -0.2) is 12.8 Å². The molecule has 0 saturated carbocycles. The van der Waals surface area contributed by atoms with Crippen LogP contribution in [0.25, 0.3) is 0 Å². The number of non-ortho nitro benzene ring substituents is 1. The lowest BCUT2D eigenvalue weighted by Crippen LogP contribution is -2.18. The highest BCUT2D eigenvalue weighted by Gasteiger charge is 2.25. The normalized spacial score (nSPS) is 11.4. The molecule has 6 nitrogen and oxygen atoms in total. The molecule has 2 aromatic rings. The van der Waals surface area contributed by atoms with E-state index in [1.807, 2.05) is 20.8 Å². The third-order valence-electron chi connectivity index (χ3n) is 4.60. The van der Waals surface area contributed by atoms with Crippen molar-refractivity contribution < 1.29 is 17.7 Å². The fourth-order valence-electron chi connectivity index (χ4n) is 2.77. The predicted octanol–water partition coefficient (Wildman–Crippen LogP) is 4.08. The minimum absolute atomic E-state index is 0.0685. The lowest BCUT2D eigenvalue weighted by molar-refractivity contribution is -0.384. The SMILES string of the molecule is Cc1c(C)c(C)c(S(=O)(=O)Nc2cc([N+](=O)[O-])ccc2F)c(C)c1C. The van der Waals surface area contributed by atoms with Crippen LogP contribution in [0.15, 0.2) is 23.1 Å². The van der Waals surface area contributed by atoms with Crippen molar-refractivity contribution in [2.75, 3.05) is 4.72 Å². The lowest BCUT2D eigenvalue weighted by Gasteiger charge is -2.19. The van der Waals surface area contributed by atoms with Crippen molar-refractivity contribution in [3.63, 3.8) is 0 Å². The molecule has 1 N–H and O–H groups in total. The number of anilines is 1. The van der Waals surface area contributed by atoms with Gasteiger partial charge in [0.05, 0.1) is 15.5 Å². The fraction of sp³-hybridized carbons (Fsp3) is 0.294. The van der Waals surface area contributed by atoms with Crippen molar-refractivity contribution in [2.45, 2.75) is 39.5 Å². The maximum atomic E-state index is 14.0. The molecule has 134 valence electrons. The van der Waals surface area contributed by atoms with Gasteiger partial charge in [0.1, 0.15) is 5.82 Å². The second-order valence-corrected chi connectivity index (χ2v) is 7.60. The number of sulfonamides is 1. The summed E-state index contributed by atoms with van der Waals surface area (Å²) in [6.07, 6.45) is 0. The van der Waals surface area contributed by atoms with Gasteiger partial charge in [0.25, 0.3) is 15.7 Å². The summed E-state index contributed by atoms with van der Waals surface area (Å²) in [5.41, 5.74) is 2.95. The molecule has 0 bridgehead atoms. The van der Waals surface area contributed by atoms with Gasteiger partial charge in [0, 0.05) is 12.1 Å². The molecule has 25 heavy (non-hydrogen) atoms. The molecule has 0 fully saturated rings. The maximum Gasteiger partial charge on any atom is 0.271 e. The molecule has 2 rings (SSSR count). The van der Waals surface area contributed by atoms with E-state index in [1.54, 1.807) is 13.8 Å². The number of nitro groups is 1. The smallest absolute Gasteiger partial charge is 0.271 e. The molecule has 0 unspecified atom stereocenters. The van der Waals surface area contributed by atoms with E-state index < -0.39 is 32.1 Å². The van der Waals surface area contributed by atoms with Crippen LogP contribution in [0.3, 0.4) is 0 Å². The molecule has 2 aromatic carbocycles. The van der Waals surface area contributed by atoms with E-state index >= 15 is 0 Å². The fourth-order valence-corrected chi connectivity index (χ4v) is 4.43. The predicted molar refractivity (Wildman–Crippen MR) is 94.0 cm³/mol. The van der Waals surface area contributed by atoms with Gasteiger partial charge in [-0.2, -0.15) is 0 Å². The first-order valence-corrected chi connectivity index (χ1v) is 8.99. The molecule has 0 atom stereocenters. The average Bonchev–Trinajstić information content (AvgIpc) is 2.52. The van der Waals surface area contributed by atoms with Crippen molar-refractivity contribution in [3.05, 3.63) is 61.9 Å². The van der Waals surface area contributed by atoms with Crippen LogP contribution in [0.2, 0.25) is 0 Å². The van der Waals surface area contributed by atoms with E-state index in [0.29, 0.717) is 11.1 Å². The van der Waals surface area contributed by atoms with Crippen molar-refractivity contribution in [1.29, 1.82) is 0 Å². The highest BCUT2D eigenvalue weighted by Crippen LogP contribution is 2.31. The Labute approximate surface area is 145 Å². The van der Waals surface area contributed by atoms with Crippen LogP contribution >= 0.6 is 0 Å². The Balaban J connectivity index is 2.63. The number of rotatable bonds is 4. The van der Waals surface area contributed by atoms with Crippen LogP contribution in [0, 0.1) is 50.6 Å². The lowest BCUT2D eigenvalue weighted by atomic mass is 9.95. The molecule has 0 radical (unpaired) electrons. The van der Waals surface area contributed by atoms with Gasteiger partial charge in [-0.05, 0) is 68.5 Å². The third kappa shape index (κ3) is 3.34. The van der Waals surface area contributed by atoms with Gasteiger partial charge >= 0.3 is 0 Å². The molecule has 0 aliphatic rings. The molecule has 0 heterocycles. The van der Waals surface area contributed by atoms with Crippen LogP contribution in [-0.4, -0.2) is 13.3 Å². The van der Waals surface area contributed by atoms with Crippen molar-refractivity contribution in [2.24, 2.45) is 0 Å². The Morgan fingerprint density at radius 1 is 0.960 bits per heavy atom. The zero-order chi connectivity index (χ0) is 19.1.